The summed E-state index contributed by atoms with van der Waals surface area (Å²) in [5.41, 5.74) is 0. The van der Waals surface area contributed by atoms with E-state index in [1.807, 2.05) is 20.8 Å². The molecule has 0 bridgehead atoms. The van der Waals surface area contributed by atoms with Crippen molar-refractivity contribution in [3.05, 3.63) is 0 Å². The van der Waals surface area contributed by atoms with E-state index in [0.29, 0.717) is 0 Å². The summed E-state index contributed by atoms with van der Waals surface area (Å²) in [6.07, 6.45) is 2.03. The van der Waals surface area contributed by atoms with Gasteiger partial charge >= 0.3 is 0 Å². The molecule has 1 unspecified atom stereocenters. The maximum atomic E-state index is 8.85. The molecule has 0 amide bonds. The van der Waals surface area contributed by atoms with Crippen LogP contribution in [0, 0.1) is 0 Å². The van der Waals surface area contributed by atoms with Gasteiger partial charge in [-0.3, -0.25) is 5.26 Å². The lowest BCUT2D eigenvalue weighted by Gasteiger charge is -2.30. The largest absolute Gasteiger partial charge is 0.396 e. The smallest absolute Gasteiger partial charge is 0.107 e. The van der Waals surface area contributed by atoms with E-state index in [1.54, 1.807) is 0 Å². The van der Waals surface area contributed by atoms with Crippen molar-refractivity contribution in [3.8, 4) is 0 Å². The lowest BCUT2D eigenvalue weighted by Crippen LogP contribution is -2.35. The first-order valence-corrected chi connectivity index (χ1v) is 6.27. The normalized spacial score (nSPS) is 13.9. The van der Waals surface area contributed by atoms with E-state index < -0.39 is 0 Å². The van der Waals surface area contributed by atoms with Gasteiger partial charge in [0.1, 0.15) is 6.10 Å². The predicted molar refractivity (Wildman–Crippen MR) is 68.4 cm³/mol. The summed E-state index contributed by atoms with van der Waals surface area (Å²) in [4.78, 5) is 4.50. The van der Waals surface area contributed by atoms with E-state index in [0.717, 1.165) is 23.5 Å². The summed E-state index contributed by atoms with van der Waals surface area (Å²) < 4.78 is 0.597. The van der Waals surface area contributed by atoms with Crippen LogP contribution in [0.4, 0.5) is 0 Å². The summed E-state index contributed by atoms with van der Waals surface area (Å²) >= 11 is 6.56. The maximum absolute atomic E-state index is 8.85. The van der Waals surface area contributed by atoms with Gasteiger partial charge in [0.05, 0.1) is 0 Å². The van der Waals surface area contributed by atoms with E-state index in [1.165, 1.54) is 11.8 Å². The third-order valence-corrected chi connectivity index (χ3v) is 3.51. The quantitative estimate of drug-likeness (QED) is 0.316. The standard InChI is InChI=1S/C10H20O3S2/c1-8(14)15-10(2,3)9(13-12)6-4-5-7-11/h9,11-12H,4-7H2,1-3H3. The molecule has 0 aromatic carbocycles. The van der Waals surface area contributed by atoms with Gasteiger partial charge in [0.25, 0.3) is 0 Å². The molecule has 0 heterocycles. The monoisotopic (exact) mass is 252 g/mol. The zero-order valence-electron chi connectivity index (χ0n) is 9.52. The van der Waals surface area contributed by atoms with Crippen LogP contribution in [0.5, 0.6) is 0 Å². The van der Waals surface area contributed by atoms with Crippen molar-refractivity contribution in [2.75, 3.05) is 6.61 Å². The molecular weight excluding hydrogens is 232 g/mol. The molecule has 5 heteroatoms. The molecule has 0 saturated heterocycles. The Balaban J connectivity index is 4.17. The van der Waals surface area contributed by atoms with Crippen molar-refractivity contribution in [2.45, 2.75) is 50.9 Å². The van der Waals surface area contributed by atoms with Crippen LogP contribution >= 0.6 is 24.0 Å². The lowest BCUT2D eigenvalue weighted by molar-refractivity contribution is -0.285. The predicted octanol–water partition coefficient (Wildman–Crippen LogP) is 2.87. The van der Waals surface area contributed by atoms with Crippen molar-refractivity contribution >= 4 is 28.2 Å². The van der Waals surface area contributed by atoms with Gasteiger partial charge in [0.2, 0.25) is 0 Å². The fraction of sp³-hybridized carbons (Fsp3) is 0.900. The Hall–Kier alpha value is 0.320. The van der Waals surface area contributed by atoms with Crippen LogP contribution in [0.15, 0.2) is 0 Å². The van der Waals surface area contributed by atoms with Gasteiger partial charge in [-0.2, -0.15) is 0 Å². The molecule has 0 saturated carbocycles. The van der Waals surface area contributed by atoms with E-state index in [-0.39, 0.29) is 17.5 Å². The molecule has 0 radical (unpaired) electrons. The second kappa shape index (κ2) is 7.57. The lowest BCUT2D eigenvalue weighted by atomic mass is 10.0. The van der Waals surface area contributed by atoms with Gasteiger partial charge in [0.15, 0.2) is 0 Å². The van der Waals surface area contributed by atoms with Gasteiger partial charge in [0, 0.05) is 15.6 Å². The van der Waals surface area contributed by atoms with Crippen molar-refractivity contribution in [1.29, 1.82) is 0 Å². The number of thioether (sulfide) groups is 1. The highest BCUT2D eigenvalue weighted by Crippen LogP contribution is 2.33. The first-order valence-electron chi connectivity index (χ1n) is 5.04. The Morgan fingerprint density at radius 1 is 1.47 bits per heavy atom. The van der Waals surface area contributed by atoms with Crippen LogP contribution in [0.1, 0.15) is 40.0 Å². The van der Waals surface area contributed by atoms with Crippen molar-refractivity contribution in [3.63, 3.8) is 0 Å². The van der Waals surface area contributed by atoms with Crippen molar-refractivity contribution < 1.29 is 15.3 Å². The average molecular weight is 252 g/mol. The Morgan fingerprint density at radius 2 is 2.07 bits per heavy atom. The molecule has 0 aromatic rings. The topological polar surface area (TPSA) is 49.7 Å². The number of aliphatic hydroxyl groups excluding tert-OH is 1. The SMILES string of the molecule is CC(=S)SC(C)(C)C(CCCCO)OO. The average Bonchev–Trinajstić information content (AvgIpc) is 2.09. The zero-order valence-corrected chi connectivity index (χ0v) is 11.2. The number of hydrogen-bond donors (Lipinski definition) is 2. The molecule has 3 nitrogen and oxygen atoms in total. The molecule has 0 fully saturated rings. The van der Waals surface area contributed by atoms with E-state index in [2.05, 4.69) is 4.89 Å². The van der Waals surface area contributed by atoms with Gasteiger partial charge in [-0.25, -0.2) is 4.89 Å². The Kier molecular flexibility index (Phi) is 7.73. The third-order valence-electron chi connectivity index (χ3n) is 2.18. The molecule has 0 rings (SSSR count). The highest BCUT2D eigenvalue weighted by atomic mass is 32.2. The van der Waals surface area contributed by atoms with Gasteiger partial charge in [-0.05, 0) is 40.0 Å². The molecule has 0 aliphatic carbocycles. The van der Waals surface area contributed by atoms with Crippen LogP contribution in [0.25, 0.3) is 0 Å². The van der Waals surface area contributed by atoms with Crippen LogP contribution in [0.2, 0.25) is 0 Å². The summed E-state index contributed by atoms with van der Waals surface area (Å²) in [6, 6.07) is 0. The molecule has 0 aliphatic heterocycles. The summed E-state index contributed by atoms with van der Waals surface area (Å²) in [7, 11) is 0. The molecular formula is C10H20O3S2. The summed E-state index contributed by atoms with van der Waals surface area (Å²) in [6.45, 7) is 6.03. The van der Waals surface area contributed by atoms with Crippen molar-refractivity contribution in [2.24, 2.45) is 0 Å². The first-order chi connectivity index (χ1) is 6.94. The highest BCUT2D eigenvalue weighted by Gasteiger charge is 2.31. The maximum Gasteiger partial charge on any atom is 0.107 e. The number of rotatable bonds is 7. The van der Waals surface area contributed by atoms with Crippen LogP contribution < -0.4 is 0 Å². The first kappa shape index (κ1) is 15.3. The Labute approximate surface area is 101 Å². The van der Waals surface area contributed by atoms with Gasteiger partial charge in [-0.1, -0.05) is 12.2 Å². The van der Waals surface area contributed by atoms with Crippen molar-refractivity contribution in [1.82, 2.24) is 0 Å². The highest BCUT2D eigenvalue weighted by molar-refractivity contribution is 8.23. The molecule has 0 spiro atoms. The molecule has 0 aliphatic rings. The number of hydrogen-bond acceptors (Lipinski definition) is 5. The number of aliphatic hydroxyl groups is 1. The van der Waals surface area contributed by atoms with Gasteiger partial charge < -0.3 is 5.11 Å². The fourth-order valence-corrected chi connectivity index (χ4v) is 3.08. The van der Waals surface area contributed by atoms with Gasteiger partial charge in [-0.15, -0.1) is 11.8 Å². The van der Waals surface area contributed by atoms with E-state index in [4.69, 9.17) is 22.6 Å². The fourth-order valence-electron chi connectivity index (χ4n) is 1.40. The molecule has 15 heavy (non-hydrogen) atoms. The second-order valence-corrected chi connectivity index (χ2v) is 6.75. The summed E-state index contributed by atoms with van der Waals surface area (Å²) in [5.74, 6) is 0. The number of thiocarbonyl (C=S) groups is 1. The minimum absolute atomic E-state index is 0.178. The molecule has 90 valence electrons. The van der Waals surface area contributed by atoms with Crippen LogP contribution in [0.3, 0.4) is 0 Å². The Bertz CT molecular complexity index is 195. The van der Waals surface area contributed by atoms with E-state index >= 15 is 0 Å². The van der Waals surface area contributed by atoms with E-state index in [9.17, 15) is 0 Å². The molecule has 1 atom stereocenters. The van der Waals surface area contributed by atoms with Crippen LogP contribution in [-0.2, 0) is 4.89 Å². The minimum atomic E-state index is -0.257. The van der Waals surface area contributed by atoms with Crippen LogP contribution in [-0.4, -0.2) is 32.0 Å². The third kappa shape index (κ3) is 6.48. The Morgan fingerprint density at radius 3 is 2.47 bits per heavy atom. The summed E-state index contributed by atoms with van der Waals surface area (Å²) in [5, 5.41) is 17.5. The zero-order chi connectivity index (χ0) is 11.9. The minimum Gasteiger partial charge on any atom is -0.396 e. The molecule has 2 N–H and O–H groups in total. The molecule has 0 aromatic heterocycles. The number of unbranched alkanes of at least 4 members (excludes halogenated alkanes) is 1. The second-order valence-electron chi connectivity index (χ2n) is 4.01.